The van der Waals surface area contributed by atoms with Crippen molar-refractivity contribution in [1.82, 2.24) is 25.5 Å². The highest BCUT2D eigenvalue weighted by Crippen LogP contribution is 2.39. The smallest absolute Gasteiger partial charge is 0.255 e. The maximum Gasteiger partial charge on any atom is 0.255 e. The minimum Gasteiger partial charge on any atom is -0.445 e. The van der Waals surface area contributed by atoms with Crippen LogP contribution in [0.3, 0.4) is 0 Å². The van der Waals surface area contributed by atoms with Gasteiger partial charge in [0.25, 0.3) is 5.91 Å². The molecule has 0 spiro atoms. The number of aromatic nitrogens is 4. The average molecular weight is 352 g/mol. The molecule has 1 fully saturated rings. The molecule has 0 aromatic carbocycles. The first-order valence-electron chi connectivity index (χ1n) is 8.55. The summed E-state index contributed by atoms with van der Waals surface area (Å²) in [6.07, 6.45) is 3.57. The van der Waals surface area contributed by atoms with Crippen LogP contribution in [0.1, 0.15) is 47.3 Å². The van der Waals surface area contributed by atoms with Crippen LogP contribution >= 0.6 is 0 Å². The largest absolute Gasteiger partial charge is 0.445 e. The molecular formula is C18H20N6O2. The Hall–Kier alpha value is -3.03. The van der Waals surface area contributed by atoms with Gasteiger partial charge in [-0.05, 0) is 45.7 Å². The standard InChI is InChI=1S/C18H20N6O2/c1-10-4-5-12(24-23-10)8-19-16(25)13-9-26-17-14(13)15(20-11(2)21-17)22-18(3)6-7-18/h4-5,9H,6-8H2,1-3H3,(H,19,25)(H,20,21,22). The molecule has 0 atom stereocenters. The maximum absolute atomic E-state index is 12.7. The highest BCUT2D eigenvalue weighted by atomic mass is 16.3. The highest BCUT2D eigenvalue weighted by molar-refractivity contribution is 6.08. The Bertz CT molecular complexity index is 975. The first-order chi connectivity index (χ1) is 12.4. The van der Waals surface area contributed by atoms with E-state index in [0.29, 0.717) is 34.0 Å². The summed E-state index contributed by atoms with van der Waals surface area (Å²) in [4.78, 5) is 21.5. The van der Waals surface area contributed by atoms with E-state index in [2.05, 4.69) is 37.7 Å². The summed E-state index contributed by atoms with van der Waals surface area (Å²) in [5, 5.41) is 14.9. The van der Waals surface area contributed by atoms with Gasteiger partial charge in [-0.1, -0.05) is 0 Å². The van der Waals surface area contributed by atoms with Crippen molar-refractivity contribution in [3.63, 3.8) is 0 Å². The van der Waals surface area contributed by atoms with Crippen molar-refractivity contribution in [2.75, 3.05) is 5.32 Å². The van der Waals surface area contributed by atoms with Gasteiger partial charge in [0.2, 0.25) is 5.71 Å². The minimum absolute atomic E-state index is 0.0240. The number of nitrogens with one attached hydrogen (secondary N) is 2. The van der Waals surface area contributed by atoms with Crippen molar-refractivity contribution in [2.45, 2.75) is 45.7 Å². The average Bonchev–Trinajstić information content (AvgIpc) is 3.16. The number of fused-ring (bicyclic) bond motifs is 1. The lowest BCUT2D eigenvalue weighted by Crippen LogP contribution is -2.24. The number of anilines is 1. The van der Waals surface area contributed by atoms with E-state index in [-0.39, 0.29) is 18.0 Å². The molecule has 1 aliphatic carbocycles. The summed E-state index contributed by atoms with van der Waals surface area (Å²) in [5.74, 6) is 0.976. The van der Waals surface area contributed by atoms with Crippen molar-refractivity contribution >= 4 is 22.8 Å². The molecule has 4 rings (SSSR count). The second-order valence-electron chi connectivity index (χ2n) is 6.98. The molecule has 2 N–H and O–H groups in total. The Kier molecular flexibility index (Phi) is 3.82. The molecular weight excluding hydrogens is 332 g/mol. The molecule has 1 saturated carbocycles. The molecule has 0 saturated heterocycles. The summed E-state index contributed by atoms with van der Waals surface area (Å²) >= 11 is 0. The Morgan fingerprint density at radius 2 is 2.04 bits per heavy atom. The van der Waals surface area contributed by atoms with Gasteiger partial charge in [-0.25, -0.2) is 4.98 Å². The quantitative estimate of drug-likeness (QED) is 0.727. The van der Waals surface area contributed by atoms with E-state index in [9.17, 15) is 4.79 Å². The zero-order valence-electron chi connectivity index (χ0n) is 15.0. The molecule has 3 aromatic heterocycles. The van der Waals surface area contributed by atoms with Crippen LogP contribution in [0.5, 0.6) is 0 Å². The van der Waals surface area contributed by atoms with Crippen LogP contribution in [0.4, 0.5) is 5.82 Å². The minimum atomic E-state index is -0.262. The van der Waals surface area contributed by atoms with Gasteiger partial charge in [-0.15, -0.1) is 0 Å². The Morgan fingerprint density at radius 1 is 1.23 bits per heavy atom. The molecule has 8 nitrogen and oxygen atoms in total. The van der Waals surface area contributed by atoms with E-state index in [1.54, 1.807) is 6.92 Å². The van der Waals surface area contributed by atoms with Crippen LogP contribution in [0.2, 0.25) is 0 Å². The third-order valence-corrected chi connectivity index (χ3v) is 4.49. The van der Waals surface area contributed by atoms with E-state index in [1.165, 1.54) is 6.26 Å². The van der Waals surface area contributed by atoms with Gasteiger partial charge in [-0.3, -0.25) is 4.79 Å². The van der Waals surface area contributed by atoms with Crippen LogP contribution in [-0.4, -0.2) is 31.6 Å². The summed E-state index contributed by atoms with van der Waals surface area (Å²) in [5.41, 5.74) is 2.36. The fourth-order valence-corrected chi connectivity index (χ4v) is 2.69. The van der Waals surface area contributed by atoms with Gasteiger partial charge in [-0.2, -0.15) is 15.2 Å². The number of rotatable bonds is 5. The second-order valence-corrected chi connectivity index (χ2v) is 6.98. The van der Waals surface area contributed by atoms with E-state index in [0.717, 1.165) is 18.5 Å². The Balaban J connectivity index is 1.61. The third-order valence-electron chi connectivity index (χ3n) is 4.49. The van der Waals surface area contributed by atoms with Gasteiger partial charge in [0, 0.05) is 5.54 Å². The second kappa shape index (κ2) is 6.05. The van der Waals surface area contributed by atoms with Gasteiger partial charge in [0.1, 0.15) is 17.9 Å². The number of aryl methyl sites for hydroxylation is 2. The molecule has 3 aromatic rings. The first kappa shape index (κ1) is 16.4. The molecule has 0 bridgehead atoms. The highest BCUT2D eigenvalue weighted by Gasteiger charge is 2.38. The van der Waals surface area contributed by atoms with E-state index >= 15 is 0 Å². The van der Waals surface area contributed by atoms with Crippen molar-refractivity contribution in [2.24, 2.45) is 0 Å². The van der Waals surface area contributed by atoms with E-state index in [4.69, 9.17) is 4.42 Å². The van der Waals surface area contributed by atoms with Crippen molar-refractivity contribution in [3.8, 4) is 0 Å². The van der Waals surface area contributed by atoms with Crippen molar-refractivity contribution in [3.05, 3.63) is 41.2 Å². The number of amides is 1. The third kappa shape index (κ3) is 3.22. The number of furan rings is 1. The maximum atomic E-state index is 12.7. The summed E-state index contributed by atoms with van der Waals surface area (Å²) < 4.78 is 5.51. The number of carbonyl (C=O) groups excluding carboxylic acids is 1. The van der Waals surface area contributed by atoms with Crippen molar-refractivity contribution < 1.29 is 9.21 Å². The van der Waals surface area contributed by atoms with Crippen molar-refractivity contribution in [1.29, 1.82) is 0 Å². The fraction of sp³-hybridized carbons (Fsp3) is 0.389. The zero-order chi connectivity index (χ0) is 18.3. The van der Waals surface area contributed by atoms with Crippen LogP contribution in [0, 0.1) is 13.8 Å². The first-order valence-corrected chi connectivity index (χ1v) is 8.55. The predicted molar refractivity (Wildman–Crippen MR) is 95.7 cm³/mol. The Morgan fingerprint density at radius 3 is 2.73 bits per heavy atom. The number of nitrogens with zero attached hydrogens (tertiary/aromatic N) is 4. The molecule has 0 unspecified atom stereocenters. The van der Waals surface area contributed by atoms with Gasteiger partial charge in [0.05, 0.1) is 28.9 Å². The monoisotopic (exact) mass is 352 g/mol. The lowest BCUT2D eigenvalue weighted by Gasteiger charge is -2.13. The van der Waals surface area contributed by atoms with Crippen LogP contribution in [0.15, 0.2) is 22.8 Å². The molecule has 0 radical (unpaired) electrons. The zero-order valence-corrected chi connectivity index (χ0v) is 15.0. The fourth-order valence-electron chi connectivity index (χ4n) is 2.69. The molecule has 1 aliphatic rings. The number of hydrogen-bond donors (Lipinski definition) is 2. The Labute approximate surface area is 150 Å². The predicted octanol–water partition coefficient (Wildman–Crippen LogP) is 2.52. The number of hydrogen-bond acceptors (Lipinski definition) is 7. The van der Waals surface area contributed by atoms with E-state index < -0.39 is 0 Å². The van der Waals surface area contributed by atoms with E-state index in [1.807, 2.05) is 19.1 Å². The normalized spacial score (nSPS) is 15.0. The lowest BCUT2D eigenvalue weighted by atomic mass is 10.2. The molecule has 8 heteroatoms. The lowest BCUT2D eigenvalue weighted by molar-refractivity contribution is 0.0951. The molecule has 26 heavy (non-hydrogen) atoms. The SMILES string of the molecule is Cc1ccc(CNC(=O)c2coc3nc(C)nc(NC4(C)CC4)c23)nn1. The molecule has 3 heterocycles. The summed E-state index contributed by atoms with van der Waals surface area (Å²) in [6.45, 7) is 6.08. The summed E-state index contributed by atoms with van der Waals surface area (Å²) in [6, 6.07) is 3.69. The van der Waals surface area contributed by atoms with Gasteiger partial charge in [0.15, 0.2) is 0 Å². The topological polar surface area (TPSA) is 106 Å². The van der Waals surface area contributed by atoms with Crippen LogP contribution in [0.25, 0.3) is 11.1 Å². The molecule has 134 valence electrons. The summed E-state index contributed by atoms with van der Waals surface area (Å²) in [7, 11) is 0. The number of carbonyl (C=O) groups is 1. The molecule has 0 aliphatic heterocycles. The van der Waals surface area contributed by atoms with Crippen LogP contribution < -0.4 is 10.6 Å². The van der Waals surface area contributed by atoms with Gasteiger partial charge < -0.3 is 15.1 Å². The van der Waals surface area contributed by atoms with Gasteiger partial charge >= 0.3 is 0 Å². The molecule has 1 amide bonds. The van der Waals surface area contributed by atoms with Crippen LogP contribution in [-0.2, 0) is 6.54 Å².